The minimum atomic E-state index is -1.23. The number of carbonyl (C=O) groups excluding carboxylic acids is 2. The quantitative estimate of drug-likeness (QED) is 0.481. The molecule has 0 spiro atoms. The van der Waals surface area contributed by atoms with Gasteiger partial charge >= 0.3 is 5.97 Å². The summed E-state index contributed by atoms with van der Waals surface area (Å²) < 4.78 is 23.5. The molecule has 0 fully saturated rings. The van der Waals surface area contributed by atoms with E-state index in [0.29, 0.717) is 0 Å². The fourth-order valence-corrected chi connectivity index (χ4v) is 2.04. The average Bonchev–Trinajstić information content (AvgIpc) is 2.61. The molecule has 0 aromatic heterocycles. The van der Waals surface area contributed by atoms with E-state index in [1.807, 2.05) is 0 Å². The van der Waals surface area contributed by atoms with Gasteiger partial charge in [0, 0.05) is 6.07 Å². The number of non-ortho nitro benzene ring substituents is 1. The van der Waals surface area contributed by atoms with E-state index in [1.165, 1.54) is 44.4 Å². The van der Waals surface area contributed by atoms with Gasteiger partial charge in [0.25, 0.3) is 11.6 Å². The van der Waals surface area contributed by atoms with Crippen LogP contribution >= 0.6 is 0 Å². The average molecular weight is 362 g/mol. The van der Waals surface area contributed by atoms with Crippen LogP contribution < -0.4 is 10.1 Å². The predicted molar refractivity (Wildman–Crippen MR) is 89.6 cm³/mol. The Bertz CT molecular complexity index is 855. The third-order valence-corrected chi connectivity index (χ3v) is 3.40. The molecule has 0 unspecified atom stereocenters. The monoisotopic (exact) mass is 362 g/mol. The number of nitrogens with one attached hydrogen (secondary N) is 1. The molecule has 2 rings (SSSR count). The zero-order chi connectivity index (χ0) is 19.3. The minimum absolute atomic E-state index is 0.0696. The summed E-state index contributed by atoms with van der Waals surface area (Å²) in [7, 11) is 1.29. The molecule has 2 aromatic rings. The molecule has 0 aliphatic carbocycles. The summed E-state index contributed by atoms with van der Waals surface area (Å²) in [5, 5.41) is 13.2. The third kappa shape index (κ3) is 4.32. The third-order valence-electron chi connectivity index (χ3n) is 3.40. The van der Waals surface area contributed by atoms with Gasteiger partial charge in [0.15, 0.2) is 6.10 Å². The van der Waals surface area contributed by atoms with E-state index in [-0.39, 0.29) is 22.7 Å². The van der Waals surface area contributed by atoms with Crippen molar-refractivity contribution >= 4 is 23.3 Å². The molecule has 9 heteroatoms. The molecule has 2 aromatic carbocycles. The van der Waals surface area contributed by atoms with Crippen molar-refractivity contribution in [2.24, 2.45) is 0 Å². The van der Waals surface area contributed by atoms with Gasteiger partial charge in [-0.3, -0.25) is 14.9 Å². The van der Waals surface area contributed by atoms with Crippen LogP contribution in [0.2, 0.25) is 0 Å². The standard InChI is InChI=1S/C17H15FN2O6/c1-10(26-17(22)12-5-3-4-6-13(12)18)16(21)19-14-8-7-11(20(23)24)9-15(14)25-2/h3-10H,1-2H3,(H,19,21)/t10-/m1/s1. The number of carbonyl (C=O) groups is 2. The van der Waals surface area contributed by atoms with Crippen molar-refractivity contribution in [3.63, 3.8) is 0 Å². The lowest BCUT2D eigenvalue weighted by Crippen LogP contribution is -2.30. The molecular weight excluding hydrogens is 347 g/mol. The first-order chi connectivity index (χ1) is 12.3. The van der Waals surface area contributed by atoms with E-state index in [0.717, 1.165) is 12.1 Å². The van der Waals surface area contributed by atoms with Crippen LogP contribution in [-0.4, -0.2) is 30.0 Å². The molecular formula is C17H15FN2O6. The number of amides is 1. The summed E-state index contributed by atoms with van der Waals surface area (Å²) in [6.45, 7) is 1.31. The van der Waals surface area contributed by atoms with Crippen molar-refractivity contribution in [2.45, 2.75) is 13.0 Å². The van der Waals surface area contributed by atoms with Crippen molar-refractivity contribution in [1.29, 1.82) is 0 Å². The fraction of sp³-hybridized carbons (Fsp3) is 0.176. The van der Waals surface area contributed by atoms with Crippen molar-refractivity contribution < 1.29 is 28.4 Å². The van der Waals surface area contributed by atoms with Gasteiger partial charge in [0.05, 0.1) is 29.4 Å². The van der Waals surface area contributed by atoms with Gasteiger partial charge in [0.1, 0.15) is 11.6 Å². The minimum Gasteiger partial charge on any atom is -0.494 e. The molecule has 136 valence electrons. The maximum Gasteiger partial charge on any atom is 0.341 e. The Morgan fingerprint density at radius 3 is 2.54 bits per heavy atom. The number of hydrogen-bond acceptors (Lipinski definition) is 6. The van der Waals surface area contributed by atoms with E-state index >= 15 is 0 Å². The van der Waals surface area contributed by atoms with E-state index in [9.17, 15) is 24.1 Å². The Balaban J connectivity index is 2.08. The van der Waals surface area contributed by atoms with Crippen LogP contribution in [0.25, 0.3) is 0 Å². The molecule has 1 N–H and O–H groups in total. The number of halogens is 1. The molecule has 0 aliphatic heterocycles. The molecule has 1 amide bonds. The van der Waals surface area contributed by atoms with E-state index in [4.69, 9.17) is 9.47 Å². The predicted octanol–water partition coefficient (Wildman–Crippen LogP) is 2.93. The fourth-order valence-electron chi connectivity index (χ4n) is 2.04. The maximum absolute atomic E-state index is 13.6. The lowest BCUT2D eigenvalue weighted by molar-refractivity contribution is -0.384. The van der Waals surface area contributed by atoms with Crippen LogP contribution in [0.15, 0.2) is 42.5 Å². The number of rotatable bonds is 6. The van der Waals surface area contributed by atoms with E-state index < -0.39 is 28.7 Å². The van der Waals surface area contributed by atoms with E-state index in [2.05, 4.69) is 5.32 Å². The van der Waals surface area contributed by atoms with Crippen molar-refractivity contribution in [2.75, 3.05) is 12.4 Å². The van der Waals surface area contributed by atoms with Crippen LogP contribution in [0.3, 0.4) is 0 Å². The maximum atomic E-state index is 13.6. The van der Waals surface area contributed by atoms with Crippen LogP contribution in [0.1, 0.15) is 17.3 Å². The number of nitro benzene ring substituents is 1. The topological polar surface area (TPSA) is 108 Å². The highest BCUT2D eigenvalue weighted by Crippen LogP contribution is 2.29. The highest BCUT2D eigenvalue weighted by Gasteiger charge is 2.22. The normalized spacial score (nSPS) is 11.3. The molecule has 0 bridgehead atoms. The van der Waals surface area contributed by atoms with Crippen molar-refractivity contribution in [1.82, 2.24) is 0 Å². The highest BCUT2D eigenvalue weighted by molar-refractivity contribution is 5.98. The number of esters is 1. The summed E-state index contributed by atoms with van der Waals surface area (Å²) in [6, 6.07) is 8.85. The second-order valence-electron chi connectivity index (χ2n) is 5.16. The Morgan fingerprint density at radius 1 is 1.23 bits per heavy atom. The Hall–Kier alpha value is -3.49. The van der Waals surface area contributed by atoms with Crippen molar-refractivity contribution in [3.05, 3.63) is 64.0 Å². The van der Waals surface area contributed by atoms with Gasteiger partial charge in [-0.2, -0.15) is 0 Å². The molecule has 26 heavy (non-hydrogen) atoms. The Labute approximate surface area is 147 Å². The van der Waals surface area contributed by atoms with Gasteiger partial charge in [-0.15, -0.1) is 0 Å². The number of nitrogens with zero attached hydrogens (tertiary/aromatic N) is 1. The Morgan fingerprint density at radius 2 is 1.92 bits per heavy atom. The summed E-state index contributed by atoms with van der Waals surface area (Å²) >= 11 is 0. The molecule has 0 radical (unpaired) electrons. The Kier molecular flexibility index (Phi) is 5.84. The van der Waals surface area contributed by atoms with Gasteiger partial charge < -0.3 is 14.8 Å². The van der Waals surface area contributed by atoms with Crippen LogP contribution in [0.4, 0.5) is 15.8 Å². The summed E-state index contributed by atoms with van der Waals surface area (Å²) in [5.41, 5.74) is -0.337. The first-order valence-corrected chi connectivity index (χ1v) is 7.42. The molecule has 0 aliphatic rings. The summed E-state index contributed by atoms with van der Waals surface area (Å²) in [4.78, 5) is 34.3. The second kappa shape index (κ2) is 8.06. The van der Waals surface area contributed by atoms with Gasteiger partial charge in [-0.05, 0) is 25.1 Å². The molecule has 8 nitrogen and oxygen atoms in total. The van der Waals surface area contributed by atoms with Gasteiger partial charge in [-0.1, -0.05) is 12.1 Å². The van der Waals surface area contributed by atoms with Crippen LogP contribution in [-0.2, 0) is 9.53 Å². The number of methoxy groups -OCH3 is 1. The molecule has 0 saturated carbocycles. The van der Waals surface area contributed by atoms with E-state index in [1.54, 1.807) is 0 Å². The highest BCUT2D eigenvalue weighted by atomic mass is 19.1. The first-order valence-electron chi connectivity index (χ1n) is 7.42. The number of benzene rings is 2. The second-order valence-corrected chi connectivity index (χ2v) is 5.16. The molecule has 1 atom stereocenters. The number of anilines is 1. The lowest BCUT2D eigenvalue weighted by Gasteiger charge is -2.15. The number of hydrogen-bond donors (Lipinski definition) is 1. The zero-order valence-corrected chi connectivity index (χ0v) is 13.9. The smallest absolute Gasteiger partial charge is 0.341 e. The summed E-state index contributed by atoms with van der Waals surface area (Å²) in [6.07, 6.45) is -1.23. The number of nitro groups is 1. The zero-order valence-electron chi connectivity index (χ0n) is 13.9. The lowest BCUT2D eigenvalue weighted by atomic mass is 10.2. The largest absolute Gasteiger partial charge is 0.494 e. The van der Waals surface area contributed by atoms with Crippen LogP contribution in [0, 0.1) is 15.9 Å². The van der Waals surface area contributed by atoms with Gasteiger partial charge in [0.2, 0.25) is 0 Å². The van der Waals surface area contributed by atoms with Crippen LogP contribution in [0.5, 0.6) is 5.75 Å². The molecule has 0 heterocycles. The van der Waals surface area contributed by atoms with Crippen molar-refractivity contribution in [3.8, 4) is 5.75 Å². The van der Waals surface area contributed by atoms with Gasteiger partial charge in [-0.25, -0.2) is 9.18 Å². The molecule has 0 saturated heterocycles. The SMILES string of the molecule is COc1cc([N+](=O)[O-])ccc1NC(=O)[C@@H](C)OC(=O)c1ccccc1F. The summed E-state index contributed by atoms with van der Waals surface area (Å²) in [5.74, 6) is -2.38. The first kappa shape index (κ1) is 18.8. The number of ether oxygens (including phenoxy) is 2.